The number of thiophene rings is 1. The summed E-state index contributed by atoms with van der Waals surface area (Å²) in [4.78, 5) is 1.31. The van der Waals surface area contributed by atoms with E-state index in [0.717, 1.165) is 18.6 Å². The third-order valence-corrected chi connectivity index (χ3v) is 5.69. The lowest BCUT2D eigenvalue weighted by molar-refractivity contribution is 0.601. The molecule has 132 valence electrons. The molecule has 0 saturated carbocycles. The van der Waals surface area contributed by atoms with Gasteiger partial charge in [0.15, 0.2) is 0 Å². The average molecular weight is 385 g/mol. The van der Waals surface area contributed by atoms with E-state index in [2.05, 4.69) is 45.7 Å². The number of fused-ring (bicyclic) bond motifs is 1. The minimum absolute atomic E-state index is 0.271. The van der Waals surface area contributed by atoms with E-state index in [9.17, 15) is 4.39 Å². The standard InChI is InChI=1S/C21H18ClFN2S/c22-19-7-3-8-20(23)18(19)14-25-13-15(17-6-1-2-9-21(17)25)11-24-12-16-5-4-10-26-16/h1-10,13,24H,11-12,14H2. The Morgan fingerprint density at radius 1 is 1.00 bits per heavy atom. The maximum absolute atomic E-state index is 14.2. The van der Waals surface area contributed by atoms with E-state index < -0.39 is 0 Å². The van der Waals surface area contributed by atoms with Gasteiger partial charge in [0.2, 0.25) is 0 Å². The molecule has 1 N–H and O–H groups in total. The van der Waals surface area contributed by atoms with E-state index in [1.807, 2.05) is 12.1 Å². The molecule has 0 amide bonds. The van der Waals surface area contributed by atoms with Crippen LogP contribution in [0.5, 0.6) is 0 Å². The molecular weight excluding hydrogens is 367 g/mol. The summed E-state index contributed by atoms with van der Waals surface area (Å²) in [6.45, 7) is 2.02. The molecule has 0 fully saturated rings. The van der Waals surface area contributed by atoms with E-state index in [4.69, 9.17) is 11.6 Å². The Bertz CT molecular complexity index is 1000. The largest absolute Gasteiger partial charge is 0.343 e. The SMILES string of the molecule is Fc1cccc(Cl)c1Cn1cc(CNCc2cccs2)c2ccccc21. The fourth-order valence-corrected chi connectivity index (χ4v) is 4.08. The van der Waals surface area contributed by atoms with Gasteiger partial charge in [-0.05, 0) is 35.2 Å². The monoisotopic (exact) mass is 384 g/mol. The molecule has 0 saturated heterocycles. The predicted octanol–water partition coefficient (Wildman–Crippen LogP) is 5.83. The summed E-state index contributed by atoms with van der Waals surface area (Å²) in [5.74, 6) is -0.271. The van der Waals surface area contributed by atoms with Crippen LogP contribution >= 0.6 is 22.9 Å². The second-order valence-corrected chi connectivity index (χ2v) is 7.62. The Hall–Kier alpha value is -2.14. The zero-order valence-electron chi connectivity index (χ0n) is 14.1. The van der Waals surface area contributed by atoms with E-state index >= 15 is 0 Å². The topological polar surface area (TPSA) is 17.0 Å². The van der Waals surface area contributed by atoms with Gasteiger partial charge < -0.3 is 9.88 Å². The van der Waals surface area contributed by atoms with Crippen LogP contribution in [0.1, 0.15) is 16.0 Å². The number of hydrogen-bond acceptors (Lipinski definition) is 2. The normalized spacial score (nSPS) is 11.3. The first kappa shape index (κ1) is 17.3. The highest BCUT2D eigenvalue weighted by molar-refractivity contribution is 7.09. The molecule has 2 aromatic heterocycles. The zero-order chi connectivity index (χ0) is 17.9. The van der Waals surface area contributed by atoms with Crippen LogP contribution in [0.3, 0.4) is 0 Å². The first-order valence-electron chi connectivity index (χ1n) is 8.45. The zero-order valence-corrected chi connectivity index (χ0v) is 15.7. The van der Waals surface area contributed by atoms with E-state index in [1.165, 1.54) is 21.9 Å². The molecule has 5 heteroatoms. The number of rotatable bonds is 6. The molecule has 0 spiro atoms. The molecule has 0 atom stereocenters. The molecule has 2 heterocycles. The van der Waals surface area contributed by atoms with Crippen molar-refractivity contribution in [1.29, 1.82) is 0 Å². The lowest BCUT2D eigenvalue weighted by Gasteiger charge is -2.08. The Morgan fingerprint density at radius 3 is 2.69 bits per heavy atom. The molecule has 0 aliphatic carbocycles. The first-order valence-corrected chi connectivity index (χ1v) is 9.71. The molecule has 4 rings (SSSR count). The van der Waals surface area contributed by atoms with Gasteiger partial charge in [0.1, 0.15) is 5.82 Å². The summed E-state index contributed by atoms with van der Waals surface area (Å²) in [7, 11) is 0. The minimum atomic E-state index is -0.271. The van der Waals surface area contributed by atoms with Gasteiger partial charge in [-0.3, -0.25) is 0 Å². The number of benzene rings is 2. The molecule has 0 aliphatic heterocycles. The first-order chi connectivity index (χ1) is 12.7. The van der Waals surface area contributed by atoms with Crippen LogP contribution in [0.15, 0.2) is 66.2 Å². The molecule has 2 aromatic carbocycles. The lowest BCUT2D eigenvalue weighted by Crippen LogP contribution is -2.11. The summed E-state index contributed by atoms with van der Waals surface area (Å²) in [5.41, 5.74) is 2.80. The van der Waals surface area contributed by atoms with Crippen LogP contribution in [0, 0.1) is 5.82 Å². The summed E-state index contributed by atoms with van der Waals surface area (Å²) < 4.78 is 16.3. The van der Waals surface area contributed by atoms with Crippen LogP contribution in [-0.2, 0) is 19.6 Å². The van der Waals surface area contributed by atoms with Crippen molar-refractivity contribution >= 4 is 33.8 Å². The van der Waals surface area contributed by atoms with Gasteiger partial charge in [0, 0.05) is 45.7 Å². The van der Waals surface area contributed by atoms with Crippen LogP contribution in [0.2, 0.25) is 5.02 Å². The predicted molar refractivity (Wildman–Crippen MR) is 107 cm³/mol. The third kappa shape index (κ3) is 3.54. The van der Waals surface area contributed by atoms with Crippen molar-refractivity contribution in [2.75, 3.05) is 0 Å². The van der Waals surface area contributed by atoms with Crippen LogP contribution < -0.4 is 5.32 Å². The van der Waals surface area contributed by atoms with Crippen molar-refractivity contribution in [2.45, 2.75) is 19.6 Å². The second-order valence-electron chi connectivity index (χ2n) is 6.18. The van der Waals surface area contributed by atoms with Gasteiger partial charge in [0.25, 0.3) is 0 Å². The number of hydrogen-bond donors (Lipinski definition) is 1. The van der Waals surface area contributed by atoms with E-state index in [1.54, 1.807) is 23.5 Å². The summed E-state index contributed by atoms with van der Waals surface area (Å²) in [6.07, 6.45) is 2.09. The maximum atomic E-state index is 14.2. The van der Waals surface area contributed by atoms with Crippen molar-refractivity contribution in [3.63, 3.8) is 0 Å². The fourth-order valence-electron chi connectivity index (χ4n) is 3.18. The maximum Gasteiger partial charge on any atom is 0.129 e. The van der Waals surface area contributed by atoms with Crippen molar-refractivity contribution < 1.29 is 4.39 Å². The van der Waals surface area contributed by atoms with Crippen molar-refractivity contribution in [1.82, 2.24) is 9.88 Å². The molecule has 0 aliphatic rings. The second kappa shape index (κ2) is 7.62. The minimum Gasteiger partial charge on any atom is -0.343 e. The highest BCUT2D eigenvalue weighted by Gasteiger charge is 2.12. The van der Waals surface area contributed by atoms with Crippen molar-refractivity contribution in [3.05, 3.63) is 93.0 Å². The summed E-state index contributed by atoms with van der Waals surface area (Å²) >= 11 is 7.96. The van der Waals surface area contributed by atoms with Gasteiger partial charge in [0.05, 0.1) is 6.54 Å². The Labute approximate surface area is 160 Å². The molecule has 0 bridgehead atoms. The smallest absolute Gasteiger partial charge is 0.129 e. The number of nitrogens with one attached hydrogen (secondary N) is 1. The highest BCUT2D eigenvalue weighted by atomic mass is 35.5. The van der Waals surface area contributed by atoms with Crippen LogP contribution in [-0.4, -0.2) is 4.57 Å². The molecule has 26 heavy (non-hydrogen) atoms. The van der Waals surface area contributed by atoms with Crippen LogP contribution in [0.25, 0.3) is 10.9 Å². The third-order valence-electron chi connectivity index (χ3n) is 4.46. The Balaban J connectivity index is 1.61. The number of para-hydroxylation sites is 1. The van der Waals surface area contributed by atoms with Gasteiger partial charge in [-0.25, -0.2) is 4.39 Å². The van der Waals surface area contributed by atoms with Crippen molar-refractivity contribution in [3.8, 4) is 0 Å². The van der Waals surface area contributed by atoms with Crippen LogP contribution in [0.4, 0.5) is 4.39 Å². The van der Waals surface area contributed by atoms with E-state index in [0.29, 0.717) is 17.1 Å². The number of aromatic nitrogens is 1. The van der Waals surface area contributed by atoms with Crippen molar-refractivity contribution in [2.24, 2.45) is 0 Å². The number of halogens is 2. The lowest BCUT2D eigenvalue weighted by atomic mass is 10.2. The van der Waals surface area contributed by atoms with Gasteiger partial charge in [-0.2, -0.15) is 0 Å². The van der Waals surface area contributed by atoms with Gasteiger partial charge >= 0.3 is 0 Å². The molecule has 0 radical (unpaired) electrons. The summed E-state index contributed by atoms with van der Waals surface area (Å²) in [5, 5.41) is 7.22. The molecular formula is C21H18ClFN2S. The van der Waals surface area contributed by atoms with Gasteiger partial charge in [-0.1, -0.05) is 41.9 Å². The quantitative estimate of drug-likeness (QED) is 0.442. The van der Waals surface area contributed by atoms with E-state index in [-0.39, 0.29) is 5.82 Å². The van der Waals surface area contributed by atoms with Gasteiger partial charge in [-0.15, -0.1) is 11.3 Å². The fraction of sp³-hybridized carbons (Fsp3) is 0.143. The molecule has 4 aromatic rings. The molecule has 2 nitrogen and oxygen atoms in total. The Morgan fingerprint density at radius 2 is 1.88 bits per heavy atom. The molecule has 0 unspecified atom stereocenters. The highest BCUT2D eigenvalue weighted by Crippen LogP contribution is 2.26. The Kier molecular flexibility index (Phi) is 5.07. The average Bonchev–Trinajstić information content (AvgIpc) is 3.27. The number of nitrogens with zero attached hydrogens (tertiary/aromatic N) is 1. The summed E-state index contributed by atoms with van der Waals surface area (Å²) in [6, 6.07) is 17.2.